The van der Waals surface area contributed by atoms with Crippen LogP contribution in [-0.4, -0.2) is 30.0 Å². The number of hydrogen-bond acceptors (Lipinski definition) is 3. The van der Waals surface area contributed by atoms with Gasteiger partial charge in [-0.15, -0.1) is 0 Å². The van der Waals surface area contributed by atoms with Crippen molar-refractivity contribution in [3.8, 4) is 5.69 Å². The summed E-state index contributed by atoms with van der Waals surface area (Å²) < 4.78 is 7.53. The van der Waals surface area contributed by atoms with E-state index in [1.54, 1.807) is 0 Å². The summed E-state index contributed by atoms with van der Waals surface area (Å²) >= 11 is 0. The maximum atomic E-state index is 5.51. The standard InChI is InChI=1S/C15H19N3O/c1-16-15(12-8-10-19-11-12)14-7-9-17-18(14)13-5-3-2-4-6-13/h2-7,9,12,15-16H,8,10-11H2,1H3. The van der Waals surface area contributed by atoms with Crippen molar-refractivity contribution in [2.24, 2.45) is 5.92 Å². The normalized spacial score (nSPS) is 20.6. The summed E-state index contributed by atoms with van der Waals surface area (Å²) in [4.78, 5) is 0. The van der Waals surface area contributed by atoms with Crippen LogP contribution in [0.3, 0.4) is 0 Å². The highest BCUT2D eigenvalue weighted by molar-refractivity contribution is 5.33. The molecule has 1 fully saturated rings. The molecule has 1 aliphatic rings. The third-order valence-electron chi connectivity index (χ3n) is 3.74. The molecule has 2 atom stereocenters. The minimum absolute atomic E-state index is 0.283. The monoisotopic (exact) mass is 257 g/mol. The van der Waals surface area contributed by atoms with E-state index in [1.165, 1.54) is 5.69 Å². The molecule has 0 amide bonds. The minimum atomic E-state index is 0.283. The van der Waals surface area contributed by atoms with Gasteiger partial charge < -0.3 is 10.1 Å². The highest BCUT2D eigenvalue weighted by Gasteiger charge is 2.28. The first-order chi connectivity index (χ1) is 9.40. The lowest BCUT2D eigenvalue weighted by Crippen LogP contribution is -2.27. The van der Waals surface area contributed by atoms with Gasteiger partial charge in [0.15, 0.2) is 0 Å². The molecule has 0 aliphatic carbocycles. The van der Waals surface area contributed by atoms with E-state index in [-0.39, 0.29) is 6.04 Å². The molecule has 3 rings (SSSR count). The van der Waals surface area contributed by atoms with Crippen LogP contribution in [0.2, 0.25) is 0 Å². The van der Waals surface area contributed by atoms with Crippen LogP contribution in [0.1, 0.15) is 18.2 Å². The Morgan fingerprint density at radius 3 is 2.84 bits per heavy atom. The molecule has 0 spiro atoms. The second-order valence-corrected chi connectivity index (χ2v) is 4.89. The summed E-state index contributed by atoms with van der Waals surface area (Å²) in [6.07, 6.45) is 2.97. The Labute approximate surface area is 113 Å². The fraction of sp³-hybridized carbons (Fsp3) is 0.400. The van der Waals surface area contributed by atoms with Crippen LogP contribution in [0.25, 0.3) is 5.69 Å². The van der Waals surface area contributed by atoms with Crippen molar-refractivity contribution in [2.75, 3.05) is 20.3 Å². The average Bonchev–Trinajstić information content (AvgIpc) is 3.12. The number of ether oxygens (including phenoxy) is 1. The third kappa shape index (κ3) is 2.41. The first-order valence-electron chi connectivity index (χ1n) is 6.74. The van der Waals surface area contributed by atoms with Crippen molar-refractivity contribution in [2.45, 2.75) is 12.5 Å². The van der Waals surface area contributed by atoms with Gasteiger partial charge in [-0.25, -0.2) is 4.68 Å². The molecule has 2 unspecified atom stereocenters. The van der Waals surface area contributed by atoms with Gasteiger partial charge in [-0.3, -0.25) is 0 Å². The van der Waals surface area contributed by atoms with E-state index >= 15 is 0 Å². The smallest absolute Gasteiger partial charge is 0.0649 e. The quantitative estimate of drug-likeness (QED) is 0.912. The van der Waals surface area contributed by atoms with E-state index in [9.17, 15) is 0 Å². The lowest BCUT2D eigenvalue weighted by Gasteiger charge is -2.23. The zero-order valence-corrected chi connectivity index (χ0v) is 11.1. The summed E-state index contributed by atoms with van der Waals surface area (Å²) in [7, 11) is 2.01. The molecule has 0 saturated carbocycles. The Bertz CT molecular complexity index is 517. The molecule has 1 aliphatic heterocycles. The molecule has 100 valence electrons. The first kappa shape index (κ1) is 12.4. The van der Waals surface area contributed by atoms with E-state index in [0.717, 1.165) is 25.3 Å². The maximum absolute atomic E-state index is 5.51. The Hall–Kier alpha value is -1.65. The molecule has 2 heterocycles. The van der Waals surface area contributed by atoms with Gasteiger partial charge in [0.1, 0.15) is 0 Å². The van der Waals surface area contributed by atoms with Gasteiger partial charge in [-0.2, -0.15) is 5.10 Å². The van der Waals surface area contributed by atoms with Gasteiger partial charge in [0.25, 0.3) is 0 Å². The van der Waals surface area contributed by atoms with E-state index in [1.807, 2.05) is 36.1 Å². The number of benzene rings is 1. The van der Waals surface area contributed by atoms with Crippen LogP contribution >= 0.6 is 0 Å². The molecule has 1 saturated heterocycles. The molecule has 0 bridgehead atoms. The van der Waals surface area contributed by atoms with Gasteiger partial charge in [0, 0.05) is 18.7 Å². The molecular weight excluding hydrogens is 238 g/mol. The van der Waals surface area contributed by atoms with Crippen molar-refractivity contribution in [3.63, 3.8) is 0 Å². The van der Waals surface area contributed by atoms with Gasteiger partial charge in [-0.05, 0) is 31.7 Å². The lowest BCUT2D eigenvalue weighted by molar-refractivity contribution is 0.177. The molecule has 2 aromatic rings. The van der Waals surface area contributed by atoms with Crippen molar-refractivity contribution < 1.29 is 4.74 Å². The molecule has 1 N–H and O–H groups in total. The van der Waals surface area contributed by atoms with Crippen LogP contribution < -0.4 is 5.32 Å². The second kappa shape index (κ2) is 5.55. The largest absolute Gasteiger partial charge is 0.381 e. The van der Waals surface area contributed by atoms with Gasteiger partial charge >= 0.3 is 0 Å². The Balaban J connectivity index is 1.94. The maximum Gasteiger partial charge on any atom is 0.0649 e. The van der Waals surface area contributed by atoms with Crippen molar-refractivity contribution in [3.05, 3.63) is 48.3 Å². The number of para-hydroxylation sites is 1. The lowest BCUT2D eigenvalue weighted by atomic mass is 9.96. The van der Waals surface area contributed by atoms with Gasteiger partial charge in [0.2, 0.25) is 0 Å². The number of nitrogens with one attached hydrogen (secondary N) is 1. The average molecular weight is 257 g/mol. The summed E-state index contributed by atoms with van der Waals surface area (Å²) in [6, 6.07) is 12.6. The molecule has 4 heteroatoms. The zero-order valence-electron chi connectivity index (χ0n) is 11.1. The van der Waals surface area contributed by atoms with E-state index < -0.39 is 0 Å². The summed E-state index contributed by atoms with van der Waals surface area (Å²) in [5, 5.41) is 7.88. The second-order valence-electron chi connectivity index (χ2n) is 4.89. The first-order valence-corrected chi connectivity index (χ1v) is 6.74. The van der Waals surface area contributed by atoms with Gasteiger partial charge in [-0.1, -0.05) is 18.2 Å². The van der Waals surface area contributed by atoms with Crippen LogP contribution in [0, 0.1) is 5.92 Å². The summed E-state index contributed by atoms with van der Waals surface area (Å²) in [6.45, 7) is 1.69. The highest BCUT2D eigenvalue weighted by Crippen LogP contribution is 2.29. The molecule has 1 aromatic heterocycles. The third-order valence-corrected chi connectivity index (χ3v) is 3.74. The summed E-state index contributed by atoms with van der Waals surface area (Å²) in [5.41, 5.74) is 2.30. The molecule has 0 radical (unpaired) electrons. The van der Waals surface area contributed by atoms with E-state index in [0.29, 0.717) is 5.92 Å². The van der Waals surface area contributed by atoms with Crippen LogP contribution in [0.15, 0.2) is 42.6 Å². The number of nitrogens with zero attached hydrogens (tertiary/aromatic N) is 2. The number of rotatable bonds is 4. The minimum Gasteiger partial charge on any atom is -0.381 e. The predicted molar refractivity (Wildman–Crippen MR) is 74.3 cm³/mol. The number of aromatic nitrogens is 2. The Kier molecular flexibility index (Phi) is 3.62. The van der Waals surface area contributed by atoms with E-state index in [4.69, 9.17) is 4.74 Å². The van der Waals surface area contributed by atoms with Crippen molar-refractivity contribution >= 4 is 0 Å². The van der Waals surface area contributed by atoms with Crippen molar-refractivity contribution in [1.82, 2.24) is 15.1 Å². The van der Waals surface area contributed by atoms with Gasteiger partial charge in [0.05, 0.1) is 24.0 Å². The molecule has 4 nitrogen and oxygen atoms in total. The Morgan fingerprint density at radius 2 is 2.16 bits per heavy atom. The fourth-order valence-electron chi connectivity index (χ4n) is 2.77. The SMILES string of the molecule is CNC(c1ccnn1-c1ccccc1)C1CCOC1. The highest BCUT2D eigenvalue weighted by atomic mass is 16.5. The van der Waals surface area contributed by atoms with Crippen LogP contribution in [0.5, 0.6) is 0 Å². The van der Waals surface area contributed by atoms with Crippen LogP contribution in [0.4, 0.5) is 0 Å². The summed E-state index contributed by atoms with van der Waals surface area (Å²) in [5.74, 6) is 0.518. The van der Waals surface area contributed by atoms with Crippen molar-refractivity contribution in [1.29, 1.82) is 0 Å². The number of hydrogen-bond donors (Lipinski definition) is 1. The van der Waals surface area contributed by atoms with E-state index in [2.05, 4.69) is 28.6 Å². The van der Waals surface area contributed by atoms with Crippen LogP contribution in [-0.2, 0) is 4.74 Å². The molecule has 1 aromatic carbocycles. The predicted octanol–water partition coefficient (Wildman–Crippen LogP) is 2.17. The fourth-order valence-corrected chi connectivity index (χ4v) is 2.77. The zero-order chi connectivity index (χ0) is 13.1. The molecule has 19 heavy (non-hydrogen) atoms. The Morgan fingerprint density at radius 1 is 1.32 bits per heavy atom. The topological polar surface area (TPSA) is 39.1 Å². The molecular formula is C15H19N3O.